The van der Waals surface area contributed by atoms with E-state index in [-0.39, 0.29) is 11.9 Å². The highest BCUT2D eigenvalue weighted by atomic mass is 19.1. The van der Waals surface area contributed by atoms with Crippen LogP contribution in [0.1, 0.15) is 38.2 Å². The SMILES string of the molecule is C=C1CN(C)CC(C)(c2ccc(F)cc2)C(=C)N2CCCCC2C(=C)/C=C2/N=C(N3CCC3)C=C(N(C)CCN1)N2C. The standard InChI is InChI=1S/C34H48FN7/c1-25-21-31-37-32(41-17-10-18-41)22-33(40(31)7)39(6)20-16-36-26(2)23-38(5)24-34(4,28-12-14-29(35)15-13-28)27(3)42-19-9-8-11-30(25)42/h12-15,21-22,30,36H,1-3,8-11,16-20,23-24H2,4-7H3/b31-21-. The van der Waals surface area contributed by atoms with Crippen LogP contribution < -0.4 is 5.32 Å². The average Bonchev–Trinajstić information content (AvgIpc) is 2.92. The van der Waals surface area contributed by atoms with Gasteiger partial charge in [0.25, 0.3) is 0 Å². The van der Waals surface area contributed by atoms with Crippen molar-refractivity contribution in [1.29, 1.82) is 0 Å². The van der Waals surface area contributed by atoms with Crippen LogP contribution in [0, 0.1) is 5.82 Å². The van der Waals surface area contributed by atoms with Gasteiger partial charge < -0.3 is 24.9 Å². The summed E-state index contributed by atoms with van der Waals surface area (Å²) in [5.41, 5.74) is 3.66. The molecule has 5 rings (SSSR count). The highest BCUT2D eigenvalue weighted by molar-refractivity contribution is 5.95. The first kappa shape index (κ1) is 30.0. The molecule has 0 saturated carbocycles. The van der Waals surface area contributed by atoms with Crippen LogP contribution in [0.4, 0.5) is 4.39 Å². The minimum absolute atomic E-state index is 0.110. The third kappa shape index (κ3) is 6.14. The summed E-state index contributed by atoms with van der Waals surface area (Å²) >= 11 is 0. The molecule has 2 atom stereocenters. The van der Waals surface area contributed by atoms with Crippen LogP contribution in [0.15, 0.2) is 89.8 Å². The number of benzene rings is 1. The number of piperidine rings is 1. The third-order valence-electron chi connectivity index (χ3n) is 9.33. The van der Waals surface area contributed by atoms with Gasteiger partial charge in [-0.3, -0.25) is 4.90 Å². The molecule has 0 amide bonds. The summed E-state index contributed by atoms with van der Waals surface area (Å²) in [6, 6.07) is 7.04. The molecule has 2 unspecified atom stereocenters. The molecule has 0 spiro atoms. The zero-order valence-electron chi connectivity index (χ0n) is 26.0. The van der Waals surface area contributed by atoms with Crippen molar-refractivity contribution >= 4 is 5.84 Å². The Balaban J connectivity index is 1.56. The van der Waals surface area contributed by atoms with E-state index in [2.05, 4.69) is 83.2 Å². The summed E-state index contributed by atoms with van der Waals surface area (Å²) in [6.45, 7) is 21.9. The van der Waals surface area contributed by atoms with Gasteiger partial charge >= 0.3 is 0 Å². The maximum atomic E-state index is 14.0. The Hall–Kier alpha value is -3.52. The molecule has 4 aliphatic heterocycles. The molecule has 0 radical (unpaired) electrons. The fourth-order valence-corrected chi connectivity index (χ4v) is 6.64. The van der Waals surface area contributed by atoms with E-state index in [1.807, 2.05) is 12.1 Å². The summed E-state index contributed by atoms with van der Waals surface area (Å²) < 4.78 is 14.0. The normalized spacial score (nSPS) is 28.2. The minimum Gasteiger partial charge on any atom is -0.386 e. The molecule has 1 aromatic carbocycles. The van der Waals surface area contributed by atoms with E-state index in [4.69, 9.17) is 11.6 Å². The molecule has 7 nitrogen and oxygen atoms in total. The topological polar surface area (TPSA) is 40.6 Å². The summed E-state index contributed by atoms with van der Waals surface area (Å²) in [4.78, 5) is 16.7. The van der Waals surface area contributed by atoms with E-state index >= 15 is 0 Å². The van der Waals surface area contributed by atoms with Crippen molar-refractivity contribution in [3.63, 3.8) is 0 Å². The fourth-order valence-electron chi connectivity index (χ4n) is 6.64. The smallest absolute Gasteiger partial charge is 0.136 e. The van der Waals surface area contributed by atoms with Gasteiger partial charge in [0.2, 0.25) is 0 Å². The van der Waals surface area contributed by atoms with Crippen LogP contribution in [0.3, 0.4) is 0 Å². The first-order valence-corrected chi connectivity index (χ1v) is 15.3. The van der Waals surface area contributed by atoms with Crippen molar-refractivity contribution in [1.82, 2.24) is 29.8 Å². The number of likely N-dealkylation sites (N-methyl/N-ethyl adjacent to an activating group) is 2. The maximum absolute atomic E-state index is 14.0. The van der Waals surface area contributed by atoms with Crippen molar-refractivity contribution < 1.29 is 4.39 Å². The predicted octanol–water partition coefficient (Wildman–Crippen LogP) is 4.72. The van der Waals surface area contributed by atoms with Gasteiger partial charge in [-0.1, -0.05) is 31.9 Å². The number of aliphatic imine (C=N–C) groups is 1. The Bertz CT molecular complexity index is 1290. The quantitative estimate of drug-likeness (QED) is 0.525. The lowest BCUT2D eigenvalue weighted by atomic mass is 9.77. The molecule has 2 bridgehead atoms. The van der Waals surface area contributed by atoms with Crippen LogP contribution in [0.2, 0.25) is 0 Å². The van der Waals surface area contributed by atoms with Gasteiger partial charge in [0.05, 0.1) is 6.04 Å². The molecule has 42 heavy (non-hydrogen) atoms. The van der Waals surface area contributed by atoms with Gasteiger partial charge in [-0.2, -0.15) is 0 Å². The number of hydrogen-bond acceptors (Lipinski definition) is 7. The van der Waals surface area contributed by atoms with Crippen molar-refractivity contribution in [2.75, 3.05) is 67.0 Å². The summed E-state index contributed by atoms with van der Waals surface area (Å²) in [5, 5.41) is 3.55. The average molecular weight is 574 g/mol. The lowest BCUT2D eigenvalue weighted by Gasteiger charge is -2.47. The lowest BCUT2D eigenvalue weighted by molar-refractivity contribution is 0.176. The minimum atomic E-state index is -0.444. The number of rotatable bonds is 1. The Kier molecular flexibility index (Phi) is 8.83. The second kappa shape index (κ2) is 12.4. The summed E-state index contributed by atoms with van der Waals surface area (Å²) in [7, 11) is 6.35. The van der Waals surface area contributed by atoms with E-state index < -0.39 is 5.41 Å². The number of halogens is 1. The number of amidine groups is 1. The molecular formula is C34H48FN7. The van der Waals surface area contributed by atoms with Gasteiger partial charge in [0.15, 0.2) is 0 Å². The molecule has 2 fully saturated rings. The van der Waals surface area contributed by atoms with Crippen molar-refractivity contribution in [3.8, 4) is 0 Å². The van der Waals surface area contributed by atoms with E-state index in [0.29, 0.717) is 13.1 Å². The largest absolute Gasteiger partial charge is 0.386 e. The molecule has 1 N–H and O–H groups in total. The predicted molar refractivity (Wildman–Crippen MR) is 171 cm³/mol. The van der Waals surface area contributed by atoms with Crippen LogP contribution in [0.5, 0.6) is 0 Å². The van der Waals surface area contributed by atoms with Gasteiger partial charge in [0, 0.05) is 82.8 Å². The second-order valence-electron chi connectivity index (χ2n) is 12.6. The van der Waals surface area contributed by atoms with Crippen molar-refractivity contribution in [2.45, 2.75) is 44.1 Å². The zero-order valence-corrected chi connectivity index (χ0v) is 26.0. The molecular weight excluding hydrogens is 525 g/mol. The van der Waals surface area contributed by atoms with Crippen LogP contribution in [-0.4, -0.2) is 103 Å². The molecule has 4 aliphatic rings. The maximum Gasteiger partial charge on any atom is 0.136 e. The first-order chi connectivity index (χ1) is 20.1. The van der Waals surface area contributed by atoms with Crippen LogP contribution >= 0.6 is 0 Å². The molecule has 4 heterocycles. The Morgan fingerprint density at radius 1 is 0.952 bits per heavy atom. The molecule has 0 aromatic heterocycles. The van der Waals surface area contributed by atoms with E-state index in [1.165, 1.54) is 6.42 Å². The number of nitrogens with one attached hydrogen (secondary N) is 1. The van der Waals surface area contributed by atoms with E-state index in [9.17, 15) is 4.39 Å². The highest BCUT2D eigenvalue weighted by Crippen LogP contribution is 2.39. The molecule has 1 aromatic rings. The van der Waals surface area contributed by atoms with Crippen molar-refractivity contribution in [3.05, 3.63) is 96.1 Å². The van der Waals surface area contributed by atoms with Gasteiger partial charge in [-0.15, -0.1) is 0 Å². The highest BCUT2D eigenvalue weighted by Gasteiger charge is 2.38. The summed E-state index contributed by atoms with van der Waals surface area (Å²) in [5.74, 6) is 2.82. The number of nitrogens with zero attached hydrogens (tertiary/aromatic N) is 6. The Morgan fingerprint density at radius 2 is 1.69 bits per heavy atom. The Morgan fingerprint density at radius 3 is 2.38 bits per heavy atom. The number of likely N-dealkylation sites (tertiary alicyclic amines) is 1. The number of hydrogen-bond donors (Lipinski definition) is 1. The van der Waals surface area contributed by atoms with E-state index in [0.717, 1.165) is 92.0 Å². The third-order valence-corrected chi connectivity index (χ3v) is 9.33. The molecule has 8 heteroatoms. The monoisotopic (exact) mass is 573 g/mol. The van der Waals surface area contributed by atoms with E-state index in [1.54, 1.807) is 12.1 Å². The second-order valence-corrected chi connectivity index (χ2v) is 12.6. The van der Waals surface area contributed by atoms with Crippen molar-refractivity contribution in [2.24, 2.45) is 4.99 Å². The van der Waals surface area contributed by atoms with Crippen LogP contribution in [-0.2, 0) is 5.41 Å². The van der Waals surface area contributed by atoms with Gasteiger partial charge in [-0.25, -0.2) is 9.38 Å². The Labute approximate surface area is 252 Å². The lowest BCUT2D eigenvalue weighted by Crippen LogP contribution is -2.49. The van der Waals surface area contributed by atoms with Gasteiger partial charge in [-0.05, 0) is 69.0 Å². The first-order valence-electron chi connectivity index (χ1n) is 15.3. The van der Waals surface area contributed by atoms with Gasteiger partial charge in [0.1, 0.15) is 23.3 Å². The van der Waals surface area contributed by atoms with Crippen LogP contribution in [0.25, 0.3) is 0 Å². The molecule has 0 aliphatic carbocycles. The molecule has 2 saturated heterocycles. The fraction of sp³-hybridized carbons (Fsp3) is 0.500. The zero-order chi connectivity index (χ0) is 30.0. The summed E-state index contributed by atoms with van der Waals surface area (Å²) in [6.07, 6.45) is 8.83. The number of fused-ring (bicyclic) bond motifs is 3. The molecule has 226 valence electrons.